The van der Waals surface area contributed by atoms with E-state index in [0.717, 1.165) is 25.7 Å². The average Bonchev–Trinajstić information content (AvgIpc) is 3.26. The topological polar surface area (TPSA) is 270 Å². The largest absolute Gasteiger partial charge is 0.472 e. The molecule has 64 heavy (non-hydrogen) atoms. The van der Waals surface area contributed by atoms with Gasteiger partial charge < -0.3 is 55.2 Å². The first-order valence-electron chi connectivity index (χ1n) is 23.4. The van der Waals surface area contributed by atoms with Crippen LogP contribution < -0.4 is 0 Å². The maximum absolute atomic E-state index is 12.8. The molecule has 1 saturated carbocycles. The molecule has 9 atom stereocenters. The molecule has 370 valence electrons. The van der Waals surface area contributed by atoms with Gasteiger partial charge in [-0.15, -0.1) is 0 Å². The van der Waals surface area contributed by atoms with Crippen LogP contribution in [0.3, 0.4) is 0 Å². The number of rotatable bonds is 37. The van der Waals surface area contributed by atoms with Crippen molar-refractivity contribution in [1.82, 2.24) is 0 Å². The predicted octanol–water partition coefficient (Wildman–Crippen LogP) is 5.86. The number of aliphatic hydroxyl groups is 8. The van der Waals surface area contributed by atoms with Crippen molar-refractivity contribution in [2.75, 3.05) is 13.2 Å². The lowest BCUT2D eigenvalue weighted by Gasteiger charge is -2.41. The minimum Gasteiger partial charge on any atom is -0.462 e. The molecule has 0 aromatic heterocycles. The van der Waals surface area contributed by atoms with E-state index in [1.165, 1.54) is 70.3 Å². The molecule has 9 unspecified atom stereocenters. The van der Waals surface area contributed by atoms with Crippen LogP contribution in [0.5, 0.6) is 0 Å². The van der Waals surface area contributed by atoms with Crippen LogP contribution in [0.2, 0.25) is 0 Å². The minimum absolute atomic E-state index is 0.107. The van der Waals surface area contributed by atoms with Crippen molar-refractivity contribution in [2.45, 2.75) is 210 Å². The highest BCUT2D eigenvalue weighted by molar-refractivity contribution is 7.47. The molecule has 0 spiro atoms. The van der Waals surface area contributed by atoms with Gasteiger partial charge in [-0.05, 0) is 32.1 Å². The van der Waals surface area contributed by atoms with Crippen molar-refractivity contribution in [1.29, 1.82) is 0 Å². The summed E-state index contributed by atoms with van der Waals surface area (Å²) in [5, 5.41) is 80.0. The molecule has 16 nitrogen and oxygen atoms in total. The lowest BCUT2D eigenvalue weighted by atomic mass is 9.85. The second-order valence-corrected chi connectivity index (χ2v) is 17.9. The summed E-state index contributed by atoms with van der Waals surface area (Å²) < 4.78 is 33.3. The van der Waals surface area contributed by atoms with Gasteiger partial charge in [-0.3, -0.25) is 18.6 Å². The Hall–Kier alpha value is -2.57. The number of allylic oxidation sites excluding steroid dienone is 6. The monoisotopic (exact) mass is 933 g/mol. The minimum atomic E-state index is -5.20. The predicted molar refractivity (Wildman–Crippen MR) is 244 cm³/mol. The fraction of sp³-hybridized carbons (Fsp3) is 0.745. The summed E-state index contributed by atoms with van der Waals surface area (Å²) in [7, 11) is -5.20. The Balaban J connectivity index is 2.59. The van der Waals surface area contributed by atoms with E-state index >= 15 is 0 Å². The van der Waals surface area contributed by atoms with Crippen molar-refractivity contribution in [3.05, 3.63) is 60.8 Å². The molecule has 0 radical (unpaired) electrons. The fourth-order valence-electron chi connectivity index (χ4n) is 6.71. The second-order valence-electron chi connectivity index (χ2n) is 16.5. The Morgan fingerprint density at radius 2 is 1.03 bits per heavy atom. The maximum Gasteiger partial charge on any atom is 0.472 e. The molecule has 9 N–H and O–H groups in total. The highest BCUT2D eigenvalue weighted by Gasteiger charge is 2.51. The summed E-state index contributed by atoms with van der Waals surface area (Å²) in [6.07, 6.45) is 19.8. The van der Waals surface area contributed by atoms with Crippen molar-refractivity contribution in [2.24, 2.45) is 0 Å². The standard InChI is InChI=1S/C47H81O16P/c1-3-5-6-7-8-9-10-11-12-13-14-15-16-17-25-32-40(51)60-34-39(35-61-64(58,59)63-47-45(56)43(54)42(53)44(55)46(47)57)62-41(52)33-26-31-38(50)29-22-19-18-21-28-37(49)30-24-20-23-27-36(48)4-2/h18-24,27-29,36-39,42-50,53-57H,3-17,25-26,30-35H2,1-2H3,(H,58,59)/b19-18-,24-20-,27-23+,28-21+,29-22+. The van der Waals surface area contributed by atoms with Gasteiger partial charge in [-0.25, -0.2) is 4.57 Å². The van der Waals surface area contributed by atoms with Crippen LogP contribution in [0.15, 0.2) is 60.8 Å². The van der Waals surface area contributed by atoms with Crippen molar-refractivity contribution < 1.29 is 78.4 Å². The van der Waals surface area contributed by atoms with Gasteiger partial charge in [-0.2, -0.15) is 0 Å². The Bertz CT molecular complexity index is 1400. The fourth-order valence-corrected chi connectivity index (χ4v) is 7.68. The molecule has 0 bridgehead atoms. The van der Waals surface area contributed by atoms with E-state index in [1.807, 2.05) is 6.92 Å². The van der Waals surface area contributed by atoms with Gasteiger partial charge in [0.25, 0.3) is 0 Å². The number of phosphoric acid groups is 1. The number of ether oxygens (including phenoxy) is 2. The Kier molecular flexibility index (Phi) is 33.9. The molecule has 0 saturated heterocycles. The maximum atomic E-state index is 12.8. The van der Waals surface area contributed by atoms with Crippen LogP contribution >= 0.6 is 7.82 Å². The molecule has 0 aromatic carbocycles. The van der Waals surface area contributed by atoms with E-state index < -0.39 is 94.0 Å². The number of esters is 2. The zero-order valence-electron chi connectivity index (χ0n) is 38.1. The molecular formula is C47H81O16P. The number of hydrogen-bond acceptors (Lipinski definition) is 15. The number of hydrogen-bond donors (Lipinski definition) is 9. The zero-order valence-corrected chi connectivity index (χ0v) is 39.0. The number of carbonyl (C=O) groups is 2. The zero-order chi connectivity index (χ0) is 47.6. The van der Waals surface area contributed by atoms with Gasteiger partial charge in [0.15, 0.2) is 6.10 Å². The van der Waals surface area contributed by atoms with Gasteiger partial charge in [0.1, 0.15) is 43.2 Å². The van der Waals surface area contributed by atoms with Gasteiger partial charge in [0.05, 0.1) is 24.9 Å². The molecule has 1 aliphatic rings. The summed E-state index contributed by atoms with van der Waals surface area (Å²) in [5.41, 5.74) is 0. The van der Waals surface area contributed by atoms with E-state index in [-0.39, 0.29) is 25.7 Å². The Morgan fingerprint density at radius 3 is 1.58 bits per heavy atom. The average molecular weight is 933 g/mol. The SMILES string of the molecule is CCCCCCCCCCCCCCCCCC(=O)OCC(COP(=O)(O)OC1C(O)C(O)C(O)C(O)C1O)OC(=O)CCCC(O)/C=C/C=C\C=C\C(O)C/C=C\C=C\C(O)CC. The highest BCUT2D eigenvalue weighted by Crippen LogP contribution is 2.47. The molecular weight excluding hydrogens is 851 g/mol. The van der Waals surface area contributed by atoms with Gasteiger partial charge in [0, 0.05) is 12.8 Å². The molecule has 1 rings (SSSR count). The molecule has 1 aliphatic carbocycles. The summed E-state index contributed by atoms with van der Waals surface area (Å²) >= 11 is 0. The van der Waals surface area contributed by atoms with Crippen LogP contribution in [0.25, 0.3) is 0 Å². The van der Waals surface area contributed by atoms with E-state index in [4.69, 9.17) is 18.5 Å². The second kappa shape index (κ2) is 36.5. The summed E-state index contributed by atoms with van der Waals surface area (Å²) in [5.74, 6) is -1.36. The van der Waals surface area contributed by atoms with E-state index in [9.17, 15) is 59.9 Å². The van der Waals surface area contributed by atoms with Crippen LogP contribution in [-0.4, -0.2) is 132 Å². The van der Waals surface area contributed by atoms with Crippen molar-refractivity contribution >= 4 is 19.8 Å². The van der Waals surface area contributed by atoms with Crippen LogP contribution in [-0.2, 0) is 32.7 Å². The first kappa shape index (κ1) is 59.4. The molecule has 0 aliphatic heterocycles. The third-order valence-corrected chi connectivity index (χ3v) is 11.7. The van der Waals surface area contributed by atoms with Gasteiger partial charge in [0.2, 0.25) is 0 Å². The molecule has 0 aromatic rings. The lowest BCUT2D eigenvalue weighted by molar-refractivity contribution is -0.220. The summed E-state index contributed by atoms with van der Waals surface area (Å²) in [4.78, 5) is 35.7. The van der Waals surface area contributed by atoms with Gasteiger partial charge in [-0.1, -0.05) is 164 Å². The van der Waals surface area contributed by atoms with Crippen LogP contribution in [0, 0.1) is 0 Å². The normalized spacial score (nSPS) is 23.6. The van der Waals surface area contributed by atoms with Crippen LogP contribution in [0.1, 0.15) is 149 Å². The van der Waals surface area contributed by atoms with Crippen molar-refractivity contribution in [3.8, 4) is 0 Å². The highest BCUT2D eigenvalue weighted by atomic mass is 31.2. The van der Waals surface area contributed by atoms with E-state index in [2.05, 4.69) is 6.92 Å². The third kappa shape index (κ3) is 29.1. The Morgan fingerprint density at radius 1 is 0.562 bits per heavy atom. The summed E-state index contributed by atoms with van der Waals surface area (Å²) in [6, 6.07) is 0. The van der Waals surface area contributed by atoms with Gasteiger partial charge >= 0.3 is 19.8 Å². The first-order valence-corrected chi connectivity index (χ1v) is 24.9. The smallest absolute Gasteiger partial charge is 0.462 e. The van der Waals surface area contributed by atoms with Crippen LogP contribution in [0.4, 0.5) is 0 Å². The quantitative estimate of drug-likeness (QED) is 0.0153. The number of unbranched alkanes of at least 4 members (excludes halogenated alkanes) is 14. The number of phosphoric ester groups is 1. The molecule has 17 heteroatoms. The Labute approximate surface area is 381 Å². The molecule has 0 amide bonds. The van der Waals surface area contributed by atoms with E-state index in [1.54, 1.807) is 54.7 Å². The first-order chi connectivity index (χ1) is 30.6. The molecule has 1 fully saturated rings. The third-order valence-electron chi connectivity index (χ3n) is 10.7. The lowest BCUT2D eigenvalue weighted by Crippen LogP contribution is -2.64. The number of aliphatic hydroxyl groups excluding tert-OH is 8. The van der Waals surface area contributed by atoms with Crippen molar-refractivity contribution in [3.63, 3.8) is 0 Å². The number of carbonyl (C=O) groups excluding carboxylic acids is 2. The van der Waals surface area contributed by atoms with E-state index in [0.29, 0.717) is 19.3 Å². The molecule has 0 heterocycles. The summed E-state index contributed by atoms with van der Waals surface area (Å²) in [6.45, 7) is 2.73.